The highest BCUT2D eigenvalue weighted by molar-refractivity contribution is 9.10. The van der Waals surface area contributed by atoms with Crippen LogP contribution < -0.4 is 15.4 Å². The quantitative estimate of drug-likeness (QED) is 0.305. The molecule has 1 saturated heterocycles. The zero-order valence-corrected chi connectivity index (χ0v) is 17.8. The van der Waals surface area contributed by atoms with Gasteiger partial charge in [0.05, 0.1) is 31.9 Å². The van der Waals surface area contributed by atoms with E-state index >= 15 is 0 Å². The number of ether oxygens (including phenoxy) is 2. The third-order valence-electron chi connectivity index (χ3n) is 4.05. The average molecular weight is 443 g/mol. The molecule has 1 aliphatic heterocycles. The lowest BCUT2D eigenvalue weighted by Gasteiger charge is -2.33. The zero-order valence-electron chi connectivity index (χ0n) is 16.2. The monoisotopic (exact) mass is 442 g/mol. The van der Waals surface area contributed by atoms with E-state index in [2.05, 4.69) is 36.5 Å². The van der Waals surface area contributed by atoms with E-state index in [0.717, 1.165) is 43.1 Å². The molecule has 1 fully saturated rings. The van der Waals surface area contributed by atoms with Crippen molar-refractivity contribution in [3.63, 3.8) is 0 Å². The maximum Gasteiger partial charge on any atom is 0.191 e. The Morgan fingerprint density at radius 3 is 2.85 bits per heavy atom. The first-order valence-electron chi connectivity index (χ1n) is 9.41. The van der Waals surface area contributed by atoms with E-state index in [0.29, 0.717) is 32.2 Å². The van der Waals surface area contributed by atoms with Crippen LogP contribution in [-0.2, 0) is 4.74 Å². The number of benzene rings is 1. The van der Waals surface area contributed by atoms with Crippen LogP contribution in [0.1, 0.15) is 13.8 Å². The third kappa shape index (κ3) is 8.92. The Bertz CT molecular complexity index is 592. The molecule has 1 aromatic carbocycles. The van der Waals surface area contributed by atoms with Gasteiger partial charge in [0.2, 0.25) is 0 Å². The molecule has 1 aromatic rings. The van der Waals surface area contributed by atoms with E-state index in [1.807, 2.05) is 38.1 Å². The number of hydrogen-bond acceptors (Lipinski definition) is 5. The maximum atomic E-state index is 10.7. The molecule has 0 aromatic heterocycles. The molecule has 0 bridgehead atoms. The van der Waals surface area contributed by atoms with Crippen molar-refractivity contribution in [2.24, 2.45) is 4.99 Å². The van der Waals surface area contributed by atoms with Gasteiger partial charge in [-0.25, -0.2) is 0 Å². The van der Waals surface area contributed by atoms with Crippen LogP contribution in [0.4, 0.5) is 0 Å². The van der Waals surface area contributed by atoms with Gasteiger partial charge < -0.3 is 25.2 Å². The number of morpholine rings is 1. The Balaban J connectivity index is 1.76. The van der Waals surface area contributed by atoms with Crippen molar-refractivity contribution < 1.29 is 14.6 Å². The van der Waals surface area contributed by atoms with Gasteiger partial charge in [-0.1, -0.05) is 22.0 Å². The Kier molecular flexibility index (Phi) is 9.33. The van der Waals surface area contributed by atoms with Gasteiger partial charge in [0.1, 0.15) is 12.4 Å². The Morgan fingerprint density at radius 1 is 1.37 bits per heavy atom. The second kappa shape index (κ2) is 11.5. The van der Waals surface area contributed by atoms with Gasteiger partial charge in [0.15, 0.2) is 5.96 Å². The summed E-state index contributed by atoms with van der Waals surface area (Å²) < 4.78 is 12.1. The predicted molar refractivity (Wildman–Crippen MR) is 112 cm³/mol. The second-order valence-corrected chi connectivity index (χ2v) is 7.73. The smallest absolute Gasteiger partial charge is 0.191 e. The molecule has 27 heavy (non-hydrogen) atoms. The van der Waals surface area contributed by atoms with Gasteiger partial charge in [-0.05, 0) is 32.0 Å². The van der Waals surface area contributed by atoms with Crippen molar-refractivity contribution in [1.29, 1.82) is 0 Å². The van der Waals surface area contributed by atoms with E-state index in [4.69, 9.17) is 9.47 Å². The number of β-amino-alcohol motifs (C(OH)–C–C–N with tert-alkyl or cyclic N) is 1. The van der Waals surface area contributed by atoms with Crippen LogP contribution in [0.2, 0.25) is 0 Å². The first-order valence-corrected chi connectivity index (χ1v) is 10.2. The molecular formula is C19H31BrN4O3. The molecular weight excluding hydrogens is 412 g/mol. The summed E-state index contributed by atoms with van der Waals surface area (Å²) in [4.78, 5) is 6.75. The minimum Gasteiger partial charge on any atom is -0.492 e. The molecule has 1 atom stereocenters. The molecule has 7 nitrogen and oxygen atoms in total. The second-order valence-electron chi connectivity index (χ2n) is 6.81. The number of aliphatic hydroxyl groups is 1. The van der Waals surface area contributed by atoms with Crippen molar-refractivity contribution in [3.05, 3.63) is 28.7 Å². The highest BCUT2D eigenvalue weighted by Gasteiger charge is 2.25. The van der Waals surface area contributed by atoms with Crippen LogP contribution in [0.15, 0.2) is 33.7 Å². The minimum absolute atomic E-state index is 0.326. The van der Waals surface area contributed by atoms with E-state index in [1.165, 1.54) is 0 Å². The lowest BCUT2D eigenvalue weighted by molar-refractivity contribution is -0.0179. The highest BCUT2D eigenvalue weighted by Crippen LogP contribution is 2.17. The third-order valence-corrected chi connectivity index (χ3v) is 4.54. The van der Waals surface area contributed by atoms with Gasteiger partial charge in [0, 0.05) is 30.7 Å². The standard InChI is InChI=1S/C19H31BrN4O3/c1-3-21-18(22-7-10-27-17-6-4-5-16(20)13-17)23-14-19(2,25)15-24-8-11-26-12-9-24/h4-6,13,25H,3,7-12,14-15H2,1-2H3,(H2,21,22,23). The van der Waals surface area contributed by atoms with Crippen LogP contribution in [0.5, 0.6) is 5.75 Å². The molecule has 0 spiro atoms. The van der Waals surface area contributed by atoms with Crippen molar-refractivity contribution >= 4 is 21.9 Å². The number of guanidine groups is 1. The molecule has 1 unspecified atom stereocenters. The topological polar surface area (TPSA) is 78.4 Å². The summed E-state index contributed by atoms with van der Waals surface area (Å²) in [5, 5.41) is 17.1. The summed E-state index contributed by atoms with van der Waals surface area (Å²) in [5.41, 5.74) is -0.882. The number of rotatable bonds is 9. The van der Waals surface area contributed by atoms with Crippen LogP contribution in [0.25, 0.3) is 0 Å². The Hall–Kier alpha value is -1.35. The molecule has 152 valence electrons. The lowest BCUT2D eigenvalue weighted by Crippen LogP contribution is -2.48. The summed E-state index contributed by atoms with van der Waals surface area (Å²) in [7, 11) is 0. The van der Waals surface area contributed by atoms with Gasteiger partial charge in [-0.15, -0.1) is 0 Å². The molecule has 1 aliphatic rings. The first-order chi connectivity index (χ1) is 13.0. The fourth-order valence-corrected chi connectivity index (χ4v) is 3.16. The Labute approximate surface area is 170 Å². The molecule has 0 saturated carbocycles. The highest BCUT2D eigenvalue weighted by atomic mass is 79.9. The number of halogens is 1. The summed E-state index contributed by atoms with van der Waals surface area (Å²) in [6.07, 6.45) is 0. The molecule has 0 amide bonds. The first kappa shape index (κ1) is 21.9. The minimum atomic E-state index is -0.882. The zero-order chi connectivity index (χ0) is 19.5. The summed E-state index contributed by atoms with van der Waals surface area (Å²) in [5.74, 6) is 1.50. The van der Waals surface area contributed by atoms with Crippen LogP contribution in [0, 0.1) is 0 Å². The van der Waals surface area contributed by atoms with Gasteiger partial charge in [-0.2, -0.15) is 0 Å². The SMILES string of the molecule is CCNC(=NCC(C)(O)CN1CCOCC1)NCCOc1cccc(Br)c1. The molecule has 2 rings (SSSR count). The van der Waals surface area contributed by atoms with Crippen molar-refractivity contribution in [2.45, 2.75) is 19.4 Å². The van der Waals surface area contributed by atoms with Crippen molar-refractivity contribution in [3.8, 4) is 5.75 Å². The molecule has 0 radical (unpaired) electrons. The van der Waals surface area contributed by atoms with Crippen LogP contribution in [-0.4, -0.2) is 80.7 Å². The molecule has 0 aliphatic carbocycles. The fourth-order valence-electron chi connectivity index (χ4n) is 2.78. The summed E-state index contributed by atoms with van der Waals surface area (Å²) in [6, 6.07) is 7.76. The number of nitrogens with one attached hydrogen (secondary N) is 2. The maximum absolute atomic E-state index is 10.7. The van der Waals surface area contributed by atoms with Gasteiger partial charge >= 0.3 is 0 Å². The molecule has 8 heteroatoms. The molecule has 3 N–H and O–H groups in total. The van der Waals surface area contributed by atoms with Crippen LogP contribution >= 0.6 is 15.9 Å². The lowest BCUT2D eigenvalue weighted by atomic mass is 10.1. The summed E-state index contributed by atoms with van der Waals surface area (Å²) in [6.45, 7) is 9.79. The van der Waals surface area contributed by atoms with E-state index < -0.39 is 5.60 Å². The average Bonchev–Trinajstić information content (AvgIpc) is 2.64. The van der Waals surface area contributed by atoms with Crippen molar-refractivity contribution in [1.82, 2.24) is 15.5 Å². The van der Waals surface area contributed by atoms with Gasteiger partial charge in [-0.3, -0.25) is 9.89 Å². The van der Waals surface area contributed by atoms with E-state index in [-0.39, 0.29) is 0 Å². The normalized spacial score (nSPS) is 18.0. The molecule has 1 heterocycles. The van der Waals surface area contributed by atoms with E-state index in [9.17, 15) is 5.11 Å². The van der Waals surface area contributed by atoms with Crippen molar-refractivity contribution in [2.75, 3.05) is 59.1 Å². The largest absolute Gasteiger partial charge is 0.492 e. The number of aliphatic imine (C=N–C) groups is 1. The van der Waals surface area contributed by atoms with E-state index in [1.54, 1.807) is 0 Å². The van der Waals surface area contributed by atoms with Crippen LogP contribution in [0.3, 0.4) is 0 Å². The summed E-state index contributed by atoms with van der Waals surface area (Å²) >= 11 is 3.43. The fraction of sp³-hybridized carbons (Fsp3) is 0.632. The Morgan fingerprint density at radius 2 is 2.15 bits per heavy atom. The number of hydrogen-bond donors (Lipinski definition) is 3. The number of nitrogens with zero attached hydrogens (tertiary/aromatic N) is 2. The van der Waals surface area contributed by atoms with Gasteiger partial charge in [0.25, 0.3) is 0 Å². The predicted octanol–water partition coefficient (Wildman–Crippen LogP) is 1.47.